The summed E-state index contributed by atoms with van der Waals surface area (Å²) >= 11 is 0. The maximum atomic E-state index is 13.1. The van der Waals surface area contributed by atoms with Gasteiger partial charge in [-0.3, -0.25) is 0 Å². The lowest BCUT2D eigenvalue weighted by Crippen LogP contribution is -2.55. The van der Waals surface area contributed by atoms with Crippen LogP contribution >= 0.6 is 0 Å². The van der Waals surface area contributed by atoms with Gasteiger partial charge >= 0.3 is 5.97 Å². The van der Waals surface area contributed by atoms with Crippen molar-refractivity contribution in [3.63, 3.8) is 0 Å². The topological polar surface area (TPSA) is 55.8 Å². The molecule has 0 aromatic heterocycles. The zero-order valence-corrected chi connectivity index (χ0v) is 26.3. The molecule has 1 aromatic rings. The van der Waals surface area contributed by atoms with E-state index in [0.717, 1.165) is 75.4 Å². The van der Waals surface area contributed by atoms with Crippen LogP contribution in [0.15, 0.2) is 30.3 Å². The Balaban J connectivity index is 1.11. The van der Waals surface area contributed by atoms with E-state index in [2.05, 4.69) is 27.7 Å². The quantitative estimate of drug-likeness (QED) is 0.338. The third-order valence-corrected chi connectivity index (χ3v) is 13.7. The Morgan fingerprint density at radius 3 is 2.39 bits per heavy atom. The predicted octanol–water partition coefficient (Wildman–Crippen LogP) is 8.46. The van der Waals surface area contributed by atoms with Crippen LogP contribution < -0.4 is 0 Å². The summed E-state index contributed by atoms with van der Waals surface area (Å²) in [5.41, 5.74) is 1.08. The minimum Gasteiger partial charge on any atom is -0.458 e. The molecule has 41 heavy (non-hydrogen) atoms. The van der Waals surface area contributed by atoms with Gasteiger partial charge in [-0.15, -0.1) is 0 Å². The lowest BCUT2D eigenvalue weighted by atomic mass is 9.43. The number of hydrogen-bond donors (Lipinski definition) is 1. The van der Waals surface area contributed by atoms with Crippen molar-refractivity contribution in [3.8, 4) is 0 Å². The molecule has 0 spiro atoms. The van der Waals surface area contributed by atoms with E-state index in [0.29, 0.717) is 34.1 Å². The molecule has 5 aliphatic rings. The molecule has 4 heteroatoms. The number of esters is 1. The van der Waals surface area contributed by atoms with Crippen molar-refractivity contribution in [3.05, 3.63) is 35.9 Å². The Morgan fingerprint density at radius 1 is 0.902 bits per heavy atom. The Labute approximate surface area is 249 Å². The van der Waals surface area contributed by atoms with E-state index in [-0.39, 0.29) is 12.1 Å². The number of hydrogen-bond acceptors (Lipinski definition) is 4. The third kappa shape index (κ3) is 5.66. The molecule has 1 heterocycles. The zero-order valence-electron chi connectivity index (χ0n) is 26.3. The van der Waals surface area contributed by atoms with Crippen LogP contribution in [0.5, 0.6) is 0 Å². The van der Waals surface area contributed by atoms with Crippen LogP contribution in [0.2, 0.25) is 0 Å². The van der Waals surface area contributed by atoms with E-state index >= 15 is 0 Å². The maximum absolute atomic E-state index is 13.1. The van der Waals surface area contributed by atoms with Crippen molar-refractivity contribution in [2.24, 2.45) is 52.3 Å². The fourth-order valence-electron chi connectivity index (χ4n) is 11.3. The van der Waals surface area contributed by atoms with Crippen LogP contribution in [0.1, 0.15) is 122 Å². The van der Waals surface area contributed by atoms with Gasteiger partial charge in [0.15, 0.2) is 0 Å². The van der Waals surface area contributed by atoms with Crippen molar-refractivity contribution < 1.29 is 19.4 Å². The van der Waals surface area contributed by atoms with E-state index in [1.807, 2.05) is 30.3 Å². The van der Waals surface area contributed by atoms with Crippen molar-refractivity contribution in [1.82, 2.24) is 0 Å². The molecular formula is C37H56O4. The van der Waals surface area contributed by atoms with Crippen molar-refractivity contribution >= 4 is 5.97 Å². The van der Waals surface area contributed by atoms with Crippen molar-refractivity contribution in [2.75, 3.05) is 13.2 Å². The molecule has 228 valence electrons. The second kappa shape index (κ2) is 11.6. The Bertz CT molecular complexity index is 1050. The summed E-state index contributed by atoms with van der Waals surface area (Å²) in [6, 6.07) is 9.51. The fraction of sp³-hybridized carbons (Fsp3) is 0.811. The molecule has 1 N–H and O–H groups in total. The number of rotatable bonds is 7. The molecule has 1 saturated heterocycles. The lowest BCUT2D eigenvalue weighted by Gasteiger charge is -2.62. The number of carbonyl (C=O) groups is 1. The second-order valence-electron chi connectivity index (χ2n) is 15.9. The number of benzene rings is 1. The number of carbonyl (C=O) groups excluding carboxylic acids is 1. The SMILES string of the molecule is C[C@H](CC[C@@H](OC(=O)c1ccccc1)C1CCOCC1)[C@H]1CC[C@H]2[C@@H]3CC[C@H]4C[C@@](C)(O)CC[C@]4(C)[C@H]3CC[C@]12C. The van der Waals surface area contributed by atoms with Gasteiger partial charge < -0.3 is 14.6 Å². The van der Waals surface area contributed by atoms with Gasteiger partial charge in [-0.25, -0.2) is 4.79 Å². The monoisotopic (exact) mass is 564 g/mol. The summed E-state index contributed by atoms with van der Waals surface area (Å²) in [7, 11) is 0. The smallest absolute Gasteiger partial charge is 0.338 e. The molecule has 10 atom stereocenters. The Hall–Kier alpha value is -1.39. The molecule has 4 nitrogen and oxygen atoms in total. The first kappa shape index (κ1) is 29.7. The Morgan fingerprint density at radius 2 is 1.63 bits per heavy atom. The number of ether oxygens (including phenoxy) is 2. The predicted molar refractivity (Wildman–Crippen MR) is 163 cm³/mol. The van der Waals surface area contributed by atoms with Crippen LogP contribution in [0, 0.1) is 52.3 Å². The molecule has 4 aliphatic carbocycles. The van der Waals surface area contributed by atoms with E-state index in [4.69, 9.17) is 9.47 Å². The highest BCUT2D eigenvalue weighted by Crippen LogP contribution is 2.69. The van der Waals surface area contributed by atoms with Gasteiger partial charge in [-0.1, -0.05) is 39.0 Å². The summed E-state index contributed by atoms with van der Waals surface area (Å²) in [6.07, 6.45) is 15.5. The van der Waals surface area contributed by atoms with E-state index in [1.165, 1.54) is 44.9 Å². The molecule has 0 radical (unpaired) electrons. The summed E-state index contributed by atoms with van der Waals surface area (Å²) in [5, 5.41) is 10.9. The van der Waals surface area contributed by atoms with E-state index in [9.17, 15) is 9.90 Å². The number of fused-ring (bicyclic) bond motifs is 5. The molecule has 6 rings (SSSR count). The first-order valence-corrected chi connectivity index (χ1v) is 17.2. The highest BCUT2D eigenvalue weighted by Gasteiger charge is 2.61. The minimum atomic E-state index is -0.452. The van der Waals surface area contributed by atoms with Gasteiger partial charge in [0.25, 0.3) is 0 Å². The zero-order chi connectivity index (χ0) is 28.8. The molecule has 1 aromatic carbocycles. The fourth-order valence-corrected chi connectivity index (χ4v) is 11.3. The number of aliphatic hydroxyl groups is 1. The van der Waals surface area contributed by atoms with Crippen LogP contribution in [-0.4, -0.2) is 36.0 Å². The molecular weight excluding hydrogens is 508 g/mol. The molecule has 0 unspecified atom stereocenters. The average Bonchev–Trinajstić information content (AvgIpc) is 3.33. The standard InChI is InChI=1S/C37H56O4/c1-25(10-15-33(26-17-22-40-23-18-26)41-34(38)27-8-6-5-7-9-27)30-13-14-31-29-12-11-28-24-35(2,39)20-21-36(28,3)32(29)16-19-37(30,31)4/h5-9,25-26,28-33,39H,10-24H2,1-4H3/t25-,28+,29+,30-,31+,32+,33-,35+,36+,37-/m1/s1. The maximum Gasteiger partial charge on any atom is 0.338 e. The average molecular weight is 565 g/mol. The summed E-state index contributed by atoms with van der Waals surface area (Å²) < 4.78 is 11.9. The molecule has 5 fully saturated rings. The summed E-state index contributed by atoms with van der Waals surface area (Å²) in [6.45, 7) is 11.4. The van der Waals surface area contributed by atoms with E-state index < -0.39 is 5.60 Å². The van der Waals surface area contributed by atoms with Gasteiger partial charge in [0, 0.05) is 19.1 Å². The van der Waals surface area contributed by atoms with Crippen LogP contribution in [0.4, 0.5) is 0 Å². The van der Waals surface area contributed by atoms with Crippen molar-refractivity contribution in [2.45, 2.75) is 123 Å². The molecule has 1 aliphatic heterocycles. The summed E-state index contributed by atoms with van der Waals surface area (Å²) in [4.78, 5) is 13.1. The van der Waals surface area contributed by atoms with Gasteiger partial charge in [0.2, 0.25) is 0 Å². The minimum absolute atomic E-state index is 0.0199. The molecule has 4 saturated carbocycles. The third-order valence-electron chi connectivity index (χ3n) is 13.7. The van der Waals surface area contributed by atoms with Crippen molar-refractivity contribution in [1.29, 1.82) is 0 Å². The first-order valence-electron chi connectivity index (χ1n) is 17.2. The Kier molecular flexibility index (Phi) is 8.40. The first-order chi connectivity index (χ1) is 19.6. The summed E-state index contributed by atoms with van der Waals surface area (Å²) in [5.74, 6) is 4.93. The van der Waals surface area contributed by atoms with Gasteiger partial charge in [-0.2, -0.15) is 0 Å². The molecule has 0 bridgehead atoms. The van der Waals surface area contributed by atoms with Crippen LogP contribution in [0.25, 0.3) is 0 Å². The normalized spacial score (nSPS) is 42.4. The second-order valence-corrected chi connectivity index (χ2v) is 15.9. The van der Waals surface area contributed by atoms with Gasteiger partial charge in [-0.05, 0) is 149 Å². The van der Waals surface area contributed by atoms with Crippen LogP contribution in [-0.2, 0) is 9.47 Å². The lowest BCUT2D eigenvalue weighted by molar-refractivity contribution is -0.148. The van der Waals surface area contributed by atoms with Crippen LogP contribution in [0.3, 0.4) is 0 Å². The van der Waals surface area contributed by atoms with Gasteiger partial charge in [0.05, 0.1) is 11.2 Å². The largest absolute Gasteiger partial charge is 0.458 e. The highest BCUT2D eigenvalue weighted by molar-refractivity contribution is 5.89. The van der Waals surface area contributed by atoms with Gasteiger partial charge in [0.1, 0.15) is 6.10 Å². The van der Waals surface area contributed by atoms with E-state index in [1.54, 1.807) is 0 Å². The molecule has 0 amide bonds. The highest BCUT2D eigenvalue weighted by atomic mass is 16.5.